The maximum atomic E-state index is 12.1. The van der Waals surface area contributed by atoms with Crippen molar-refractivity contribution in [3.05, 3.63) is 46.0 Å². The molecule has 0 radical (unpaired) electrons. The molecule has 1 amide bonds. The Morgan fingerprint density at radius 2 is 2.18 bits per heavy atom. The molecule has 0 aromatic heterocycles. The second-order valence-electron chi connectivity index (χ2n) is 4.47. The maximum absolute atomic E-state index is 12.1. The molecule has 2 nitrogen and oxygen atoms in total. The van der Waals surface area contributed by atoms with Gasteiger partial charge in [0.25, 0.3) is 5.91 Å². The topological polar surface area (TPSA) is 29.1 Å². The summed E-state index contributed by atoms with van der Waals surface area (Å²) in [5.74, 6) is 0.0229. The van der Waals surface area contributed by atoms with Gasteiger partial charge < -0.3 is 5.32 Å². The average molecular weight is 294 g/mol. The Labute approximate surface area is 110 Å². The van der Waals surface area contributed by atoms with Gasteiger partial charge in [-0.25, -0.2) is 0 Å². The molecule has 0 heterocycles. The normalized spacial score (nSPS) is 19.1. The molecule has 3 heteroatoms. The summed E-state index contributed by atoms with van der Waals surface area (Å²) in [5.41, 5.74) is 1.82. The quantitative estimate of drug-likeness (QED) is 0.830. The van der Waals surface area contributed by atoms with Crippen molar-refractivity contribution in [3.8, 4) is 0 Å². The first-order chi connectivity index (χ1) is 8.15. The summed E-state index contributed by atoms with van der Waals surface area (Å²) in [6.45, 7) is 1.99. The molecular formula is C14H16BrNO. The van der Waals surface area contributed by atoms with Crippen LogP contribution in [0.5, 0.6) is 0 Å². The second-order valence-corrected chi connectivity index (χ2v) is 5.39. The number of hydrogen-bond donors (Lipinski definition) is 1. The molecule has 2 rings (SSSR count). The lowest BCUT2D eigenvalue weighted by molar-refractivity contribution is 0.0934. The molecule has 0 bridgehead atoms. The Bertz CT molecular complexity index is 433. The van der Waals surface area contributed by atoms with E-state index in [4.69, 9.17) is 0 Å². The van der Waals surface area contributed by atoms with E-state index < -0.39 is 0 Å². The van der Waals surface area contributed by atoms with Crippen molar-refractivity contribution >= 4 is 21.8 Å². The molecule has 1 aromatic rings. The predicted molar refractivity (Wildman–Crippen MR) is 73.1 cm³/mol. The maximum Gasteiger partial charge on any atom is 0.251 e. The SMILES string of the molecule is Cc1cc(Br)cc(C(=O)NC2CC=CCC2)c1. The van der Waals surface area contributed by atoms with E-state index in [1.165, 1.54) is 0 Å². The highest BCUT2D eigenvalue weighted by Crippen LogP contribution is 2.16. The summed E-state index contributed by atoms with van der Waals surface area (Å²) < 4.78 is 0.950. The van der Waals surface area contributed by atoms with Crippen LogP contribution in [-0.2, 0) is 0 Å². The van der Waals surface area contributed by atoms with E-state index in [1.54, 1.807) is 0 Å². The van der Waals surface area contributed by atoms with Gasteiger partial charge >= 0.3 is 0 Å². The molecule has 1 unspecified atom stereocenters. The van der Waals surface area contributed by atoms with Gasteiger partial charge in [-0.3, -0.25) is 4.79 Å². The third-order valence-electron chi connectivity index (χ3n) is 2.91. The van der Waals surface area contributed by atoms with Crippen LogP contribution in [0.4, 0.5) is 0 Å². The molecule has 1 N–H and O–H groups in total. The van der Waals surface area contributed by atoms with Crippen molar-refractivity contribution in [3.63, 3.8) is 0 Å². The van der Waals surface area contributed by atoms with Crippen LogP contribution < -0.4 is 5.32 Å². The standard InChI is InChI=1S/C14H16BrNO/c1-10-7-11(9-12(15)8-10)14(17)16-13-5-3-2-4-6-13/h2-3,7-9,13H,4-6H2,1H3,(H,16,17). The van der Waals surface area contributed by atoms with Crippen molar-refractivity contribution in [2.45, 2.75) is 32.2 Å². The van der Waals surface area contributed by atoms with E-state index in [9.17, 15) is 4.79 Å². The number of benzene rings is 1. The first-order valence-electron chi connectivity index (χ1n) is 5.88. The number of rotatable bonds is 2. The Hall–Kier alpha value is -1.09. The summed E-state index contributed by atoms with van der Waals surface area (Å²) in [4.78, 5) is 12.1. The molecule has 1 aliphatic carbocycles. The molecule has 1 aliphatic rings. The molecule has 0 fully saturated rings. The molecule has 1 aromatic carbocycles. The van der Waals surface area contributed by atoms with Crippen LogP contribution in [0.1, 0.15) is 35.2 Å². The zero-order valence-electron chi connectivity index (χ0n) is 9.87. The lowest BCUT2D eigenvalue weighted by Crippen LogP contribution is -2.35. The molecule has 0 saturated heterocycles. The van der Waals surface area contributed by atoms with Crippen LogP contribution in [-0.4, -0.2) is 11.9 Å². The second kappa shape index (κ2) is 5.50. The van der Waals surface area contributed by atoms with Gasteiger partial charge in [0.1, 0.15) is 0 Å². The highest BCUT2D eigenvalue weighted by Gasteiger charge is 2.14. The molecular weight excluding hydrogens is 278 g/mol. The Balaban J connectivity index is 2.06. The van der Waals surface area contributed by atoms with Gasteiger partial charge in [0.15, 0.2) is 0 Å². The van der Waals surface area contributed by atoms with Gasteiger partial charge in [0, 0.05) is 16.1 Å². The smallest absolute Gasteiger partial charge is 0.251 e. The van der Waals surface area contributed by atoms with Crippen molar-refractivity contribution in [1.82, 2.24) is 5.32 Å². The van der Waals surface area contributed by atoms with Crippen molar-refractivity contribution in [1.29, 1.82) is 0 Å². The minimum absolute atomic E-state index is 0.0229. The van der Waals surface area contributed by atoms with Gasteiger partial charge in [-0.15, -0.1) is 0 Å². The minimum atomic E-state index is 0.0229. The number of nitrogens with one attached hydrogen (secondary N) is 1. The largest absolute Gasteiger partial charge is 0.349 e. The number of amides is 1. The molecule has 0 saturated carbocycles. The van der Waals surface area contributed by atoms with Gasteiger partial charge in [-0.1, -0.05) is 28.1 Å². The number of allylic oxidation sites excluding steroid dienone is 1. The van der Waals surface area contributed by atoms with Gasteiger partial charge in [-0.05, 0) is 49.9 Å². The first kappa shape index (κ1) is 12.4. The van der Waals surface area contributed by atoms with E-state index in [1.807, 2.05) is 25.1 Å². The summed E-state index contributed by atoms with van der Waals surface area (Å²) in [6, 6.07) is 6.06. The fourth-order valence-corrected chi connectivity index (χ4v) is 2.67. The lowest BCUT2D eigenvalue weighted by atomic mass is 10.0. The van der Waals surface area contributed by atoms with Crippen molar-refractivity contribution < 1.29 is 4.79 Å². The molecule has 0 spiro atoms. The van der Waals surface area contributed by atoms with Crippen molar-refractivity contribution in [2.75, 3.05) is 0 Å². The zero-order chi connectivity index (χ0) is 12.3. The average Bonchev–Trinajstić information content (AvgIpc) is 2.29. The van der Waals surface area contributed by atoms with Gasteiger partial charge in [0.05, 0.1) is 0 Å². The Morgan fingerprint density at radius 1 is 1.35 bits per heavy atom. The molecule has 17 heavy (non-hydrogen) atoms. The Kier molecular flexibility index (Phi) is 4.00. The monoisotopic (exact) mass is 293 g/mol. The van der Waals surface area contributed by atoms with Crippen LogP contribution in [0, 0.1) is 6.92 Å². The first-order valence-corrected chi connectivity index (χ1v) is 6.67. The third kappa shape index (κ3) is 3.43. The van der Waals surface area contributed by atoms with Crippen LogP contribution in [0.15, 0.2) is 34.8 Å². The summed E-state index contributed by atoms with van der Waals surface area (Å²) in [5, 5.41) is 3.08. The van der Waals surface area contributed by atoms with Gasteiger partial charge in [0.2, 0.25) is 0 Å². The van der Waals surface area contributed by atoms with E-state index in [0.29, 0.717) is 0 Å². The Morgan fingerprint density at radius 3 is 2.82 bits per heavy atom. The highest BCUT2D eigenvalue weighted by molar-refractivity contribution is 9.10. The van der Waals surface area contributed by atoms with E-state index in [0.717, 1.165) is 34.9 Å². The fourth-order valence-electron chi connectivity index (χ4n) is 2.06. The molecule has 90 valence electrons. The van der Waals surface area contributed by atoms with Crippen LogP contribution in [0.3, 0.4) is 0 Å². The van der Waals surface area contributed by atoms with Crippen LogP contribution >= 0.6 is 15.9 Å². The lowest BCUT2D eigenvalue weighted by Gasteiger charge is -2.19. The van der Waals surface area contributed by atoms with E-state index in [2.05, 4.69) is 33.4 Å². The number of carbonyl (C=O) groups is 1. The third-order valence-corrected chi connectivity index (χ3v) is 3.37. The molecule has 1 atom stereocenters. The number of carbonyl (C=O) groups excluding carboxylic acids is 1. The van der Waals surface area contributed by atoms with Crippen LogP contribution in [0.25, 0.3) is 0 Å². The summed E-state index contributed by atoms with van der Waals surface area (Å²) in [6.07, 6.45) is 7.35. The number of aryl methyl sites for hydroxylation is 1. The fraction of sp³-hybridized carbons (Fsp3) is 0.357. The number of halogens is 1. The molecule has 0 aliphatic heterocycles. The predicted octanol–water partition coefficient (Wildman–Crippen LogP) is 3.60. The number of hydrogen-bond acceptors (Lipinski definition) is 1. The summed E-state index contributed by atoms with van der Waals surface area (Å²) >= 11 is 3.42. The zero-order valence-corrected chi connectivity index (χ0v) is 11.5. The van der Waals surface area contributed by atoms with Crippen molar-refractivity contribution in [2.24, 2.45) is 0 Å². The van der Waals surface area contributed by atoms with Gasteiger partial charge in [-0.2, -0.15) is 0 Å². The summed E-state index contributed by atoms with van der Waals surface area (Å²) in [7, 11) is 0. The van der Waals surface area contributed by atoms with E-state index in [-0.39, 0.29) is 11.9 Å². The van der Waals surface area contributed by atoms with Crippen LogP contribution in [0.2, 0.25) is 0 Å². The highest BCUT2D eigenvalue weighted by atomic mass is 79.9. The van der Waals surface area contributed by atoms with E-state index >= 15 is 0 Å². The minimum Gasteiger partial charge on any atom is -0.349 e.